The maximum absolute atomic E-state index is 3.77. The molecular weight excluding hydrogens is 276 g/mol. The average molecular weight is 288 g/mol. The van der Waals surface area contributed by atoms with Gasteiger partial charge in [-0.3, -0.25) is 0 Å². The molecule has 6 heteroatoms. The first-order chi connectivity index (χ1) is 10.9. The average Bonchev–Trinajstić information content (AvgIpc) is 3.30. The normalized spacial score (nSPS) is 17.6. The lowest BCUT2D eigenvalue weighted by molar-refractivity contribution is 1.07. The predicted octanol–water partition coefficient (Wildman–Crippen LogP) is 4.45. The predicted molar refractivity (Wildman–Crippen MR) is 85.6 cm³/mol. The van der Waals surface area contributed by atoms with Gasteiger partial charge in [0.2, 0.25) is 11.6 Å². The lowest BCUT2D eigenvalue weighted by atomic mass is 10.1. The fraction of sp³-hybridized carbons (Fsp3) is 0. The summed E-state index contributed by atoms with van der Waals surface area (Å²) in [5.41, 5.74) is 2.55. The number of aliphatic imine (C=N–C) groups is 2. The highest BCUT2D eigenvalue weighted by Gasteiger charge is 2.07. The first-order valence-electron chi connectivity index (χ1n) is 6.65. The largest absolute Gasteiger partial charge is 0.223 e. The van der Waals surface area contributed by atoms with Crippen LogP contribution in [0, 0.1) is 0 Å². The maximum atomic E-state index is 3.77. The Hall–Kier alpha value is -3.28. The molecule has 0 amide bonds. The summed E-state index contributed by atoms with van der Waals surface area (Å²) >= 11 is 0. The van der Waals surface area contributed by atoms with Gasteiger partial charge in [-0.05, 0) is 11.1 Å². The summed E-state index contributed by atoms with van der Waals surface area (Å²) in [7, 11) is 0. The van der Waals surface area contributed by atoms with E-state index in [0.717, 1.165) is 0 Å². The maximum Gasteiger partial charge on any atom is 0.223 e. The molecule has 106 valence electrons. The van der Waals surface area contributed by atoms with E-state index in [4.69, 9.17) is 0 Å². The van der Waals surface area contributed by atoms with E-state index in [0.29, 0.717) is 11.6 Å². The quantitative estimate of drug-likeness (QED) is 0.743. The van der Waals surface area contributed by atoms with Crippen LogP contribution in [-0.2, 0) is 0 Å². The molecule has 2 aliphatic rings. The van der Waals surface area contributed by atoms with Gasteiger partial charge in [0.15, 0.2) is 0 Å². The van der Waals surface area contributed by atoms with Crippen molar-refractivity contribution in [2.24, 2.45) is 30.4 Å². The van der Waals surface area contributed by atoms with Crippen molar-refractivity contribution in [3.8, 4) is 11.1 Å². The van der Waals surface area contributed by atoms with Crippen LogP contribution in [0.3, 0.4) is 0 Å². The molecule has 2 heterocycles. The molecule has 0 saturated carbocycles. The molecule has 6 nitrogen and oxygen atoms in total. The van der Waals surface area contributed by atoms with E-state index in [1.807, 2.05) is 12.1 Å². The summed E-state index contributed by atoms with van der Waals surface area (Å²) in [4.78, 5) is 7.54. The Labute approximate surface area is 127 Å². The summed E-state index contributed by atoms with van der Waals surface area (Å²) in [5, 5.41) is 14.3. The third-order valence-electron chi connectivity index (χ3n) is 2.85. The van der Waals surface area contributed by atoms with Crippen molar-refractivity contribution >= 4 is 12.7 Å². The van der Waals surface area contributed by atoms with Crippen LogP contribution in [0.2, 0.25) is 0 Å². The molecule has 0 fully saturated rings. The van der Waals surface area contributed by atoms with E-state index in [1.165, 1.54) is 23.8 Å². The fourth-order valence-corrected chi connectivity index (χ4v) is 1.84. The summed E-state index contributed by atoms with van der Waals surface area (Å²) in [6, 6.07) is 20.8. The molecule has 0 saturated heterocycles. The Kier molecular flexibility index (Phi) is 4.32. The number of hydrogen-bond acceptors (Lipinski definition) is 6. The zero-order valence-electron chi connectivity index (χ0n) is 11.6. The Morgan fingerprint density at radius 2 is 0.909 bits per heavy atom. The number of hydrogen-bond donors (Lipinski definition) is 0. The van der Waals surface area contributed by atoms with Crippen molar-refractivity contribution in [1.29, 1.82) is 0 Å². The van der Waals surface area contributed by atoms with Crippen molar-refractivity contribution in [2.75, 3.05) is 0 Å². The molecular formula is C16H12N6. The fourth-order valence-electron chi connectivity index (χ4n) is 1.84. The van der Waals surface area contributed by atoms with Gasteiger partial charge in [0.05, 0.1) is 0 Å². The van der Waals surface area contributed by atoms with Gasteiger partial charge in [0.1, 0.15) is 12.7 Å². The molecule has 2 aliphatic heterocycles. The van der Waals surface area contributed by atoms with Crippen LogP contribution in [0.1, 0.15) is 0 Å². The molecule has 0 unspecified atom stereocenters. The van der Waals surface area contributed by atoms with Crippen molar-refractivity contribution in [3.63, 3.8) is 0 Å². The molecule has 0 spiro atoms. The molecule has 22 heavy (non-hydrogen) atoms. The lowest BCUT2D eigenvalue weighted by Crippen LogP contribution is -1.73. The number of rotatable bonds is 1. The Balaban J connectivity index is 0.000000133. The number of nitrogens with zero attached hydrogens (tertiary/aromatic N) is 6. The number of benzene rings is 2. The second-order valence-corrected chi connectivity index (χ2v) is 4.30. The van der Waals surface area contributed by atoms with Gasteiger partial charge >= 0.3 is 0 Å². The number of azo groups is 2. The molecule has 0 atom stereocenters. The van der Waals surface area contributed by atoms with E-state index in [-0.39, 0.29) is 0 Å². The first-order valence-corrected chi connectivity index (χ1v) is 6.65. The van der Waals surface area contributed by atoms with Crippen LogP contribution in [0.5, 0.6) is 0 Å². The summed E-state index contributed by atoms with van der Waals surface area (Å²) in [5.74, 6) is 0.829. The van der Waals surface area contributed by atoms with Crippen LogP contribution in [0.25, 0.3) is 11.1 Å². The minimum atomic E-state index is 0.414. The van der Waals surface area contributed by atoms with Crippen molar-refractivity contribution < 1.29 is 0 Å². The van der Waals surface area contributed by atoms with Gasteiger partial charge in [-0.2, -0.15) is 0 Å². The van der Waals surface area contributed by atoms with E-state index in [1.54, 1.807) is 0 Å². The Bertz CT molecular complexity index is 677. The monoisotopic (exact) mass is 288 g/mol. The van der Waals surface area contributed by atoms with Crippen molar-refractivity contribution in [2.45, 2.75) is 0 Å². The van der Waals surface area contributed by atoms with Crippen molar-refractivity contribution in [1.82, 2.24) is 0 Å². The summed E-state index contributed by atoms with van der Waals surface area (Å²) in [6.45, 7) is 0. The molecule has 0 bridgehead atoms. The van der Waals surface area contributed by atoms with E-state index >= 15 is 0 Å². The van der Waals surface area contributed by atoms with E-state index in [9.17, 15) is 0 Å². The van der Waals surface area contributed by atoms with Gasteiger partial charge in [-0.1, -0.05) is 60.7 Å². The van der Waals surface area contributed by atoms with Gasteiger partial charge in [-0.25, -0.2) is 9.98 Å². The Morgan fingerprint density at radius 3 is 1.23 bits per heavy atom. The topological polar surface area (TPSA) is 74.2 Å². The minimum absolute atomic E-state index is 0.414. The first kappa shape index (κ1) is 13.7. The smallest absolute Gasteiger partial charge is 0.210 e. The molecule has 0 N–H and O–H groups in total. The van der Waals surface area contributed by atoms with Gasteiger partial charge < -0.3 is 0 Å². The van der Waals surface area contributed by atoms with Gasteiger partial charge in [-0.15, -0.1) is 20.5 Å². The van der Waals surface area contributed by atoms with Crippen LogP contribution < -0.4 is 0 Å². The van der Waals surface area contributed by atoms with Gasteiger partial charge in [0.25, 0.3) is 0 Å². The van der Waals surface area contributed by atoms with Crippen LogP contribution in [0.15, 0.2) is 103 Å². The molecule has 4 rings (SSSR count). The summed E-state index contributed by atoms with van der Waals surface area (Å²) in [6.07, 6.45) is 2.68. The van der Waals surface area contributed by atoms with Gasteiger partial charge in [0, 0.05) is 0 Å². The zero-order chi connectivity index (χ0) is 15.0. The van der Waals surface area contributed by atoms with E-state index in [2.05, 4.69) is 79.0 Å². The van der Waals surface area contributed by atoms with Crippen LogP contribution >= 0.6 is 0 Å². The van der Waals surface area contributed by atoms with Crippen LogP contribution in [0.4, 0.5) is 0 Å². The lowest BCUT2D eigenvalue weighted by Gasteiger charge is -1.98. The SMILES string of the molecule is C1=NC(=C2N=CN=N2)N=N1.c1ccc(-c2ccccc2)cc1. The highest BCUT2D eigenvalue weighted by Crippen LogP contribution is 2.17. The highest BCUT2D eigenvalue weighted by atomic mass is 15.3. The third kappa shape index (κ3) is 3.43. The minimum Gasteiger partial charge on any atom is -0.210 e. The molecule has 2 aromatic rings. The third-order valence-corrected chi connectivity index (χ3v) is 2.85. The second-order valence-electron chi connectivity index (χ2n) is 4.30. The molecule has 0 radical (unpaired) electrons. The van der Waals surface area contributed by atoms with Crippen LogP contribution in [-0.4, -0.2) is 12.7 Å². The summed E-state index contributed by atoms with van der Waals surface area (Å²) < 4.78 is 0. The highest BCUT2D eigenvalue weighted by molar-refractivity contribution is 5.63. The zero-order valence-corrected chi connectivity index (χ0v) is 11.6. The van der Waals surface area contributed by atoms with Crippen molar-refractivity contribution in [3.05, 3.63) is 72.3 Å². The molecule has 0 aromatic heterocycles. The van der Waals surface area contributed by atoms with E-state index < -0.39 is 0 Å². The Morgan fingerprint density at radius 1 is 0.500 bits per heavy atom. The molecule has 0 aliphatic carbocycles. The second kappa shape index (κ2) is 6.94. The molecule has 2 aromatic carbocycles. The standard InChI is InChI=1S/C12H10.C4H2N6/c1-3-7-11(8-4-1)12-9-5-2-6-10-12;1-5-3(9-7-1)4-6-2-8-10-4/h1-10H;1-2H.